The molecule has 28 heavy (non-hydrogen) atoms. The Balaban J connectivity index is 1.34. The Morgan fingerprint density at radius 3 is 2.64 bits per heavy atom. The van der Waals surface area contributed by atoms with Gasteiger partial charge in [-0.2, -0.15) is 4.68 Å². The Kier molecular flexibility index (Phi) is 5.76. The molecule has 1 heterocycles. The Bertz CT molecular complexity index is 1070. The summed E-state index contributed by atoms with van der Waals surface area (Å²) in [5.74, 6) is 1.13. The minimum Gasteiger partial charge on any atom is -0.491 e. The van der Waals surface area contributed by atoms with Crippen LogP contribution in [0.15, 0.2) is 71.9 Å². The van der Waals surface area contributed by atoms with Crippen LogP contribution in [-0.2, 0) is 0 Å². The lowest BCUT2D eigenvalue weighted by atomic mass is 10.1. The van der Waals surface area contributed by atoms with Crippen LogP contribution < -0.4 is 4.74 Å². The predicted molar refractivity (Wildman–Crippen MR) is 110 cm³/mol. The minimum atomic E-state index is -0.660. The van der Waals surface area contributed by atoms with E-state index in [1.54, 1.807) is 16.8 Å². The van der Waals surface area contributed by atoms with Gasteiger partial charge in [-0.3, -0.25) is 0 Å². The van der Waals surface area contributed by atoms with Crippen LogP contribution in [0.3, 0.4) is 0 Å². The van der Waals surface area contributed by atoms with Crippen molar-refractivity contribution in [3.8, 4) is 11.4 Å². The van der Waals surface area contributed by atoms with Crippen LogP contribution in [0.25, 0.3) is 16.5 Å². The highest BCUT2D eigenvalue weighted by atomic mass is 35.5. The van der Waals surface area contributed by atoms with E-state index in [0.717, 1.165) is 22.2 Å². The summed E-state index contributed by atoms with van der Waals surface area (Å²) in [6.07, 6.45) is -0.660. The Morgan fingerprint density at radius 2 is 1.82 bits per heavy atom. The topological polar surface area (TPSA) is 73.1 Å². The highest BCUT2D eigenvalue weighted by molar-refractivity contribution is 7.99. The van der Waals surface area contributed by atoms with Crippen LogP contribution in [-0.4, -0.2) is 43.8 Å². The predicted octanol–water partition coefficient (Wildman–Crippen LogP) is 4.00. The molecule has 4 aromatic rings. The monoisotopic (exact) mass is 412 g/mol. The van der Waals surface area contributed by atoms with Crippen molar-refractivity contribution in [2.45, 2.75) is 11.3 Å². The van der Waals surface area contributed by atoms with Gasteiger partial charge >= 0.3 is 0 Å². The molecule has 8 heteroatoms. The molecule has 1 N–H and O–H groups in total. The zero-order valence-corrected chi connectivity index (χ0v) is 16.3. The van der Waals surface area contributed by atoms with Crippen molar-refractivity contribution < 1.29 is 9.84 Å². The summed E-state index contributed by atoms with van der Waals surface area (Å²) in [6, 6.07) is 21.2. The number of thioether (sulfide) groups is 1. The summed E-state index contributed by atoms with van der Waals surface area (Å²) in [4.78, 5) is 0. The Morgan fingerprint density at radius 1 is 1.04 bits per heavy atom. The molecular weight excluding hydrogens is 396 g/mol. The highest BCUT2D eigenvalue weighted by Gasteiger charge is 2.13. The molecule has 0 aliphatic rings. The number of rotatable bonds is 7. The molecule has 0 saturated carbocycles. The molecule has 0 amide bonds. The van der Waals surface area contributed by atoms with Crippen molar-refractivity contribution in [3.63, 3.8) is 0 Å². The van der Waals surface area contributed by atoms with Crippen molar-refractivity contribution in [1.29, 1.82) is 0 Å². The van der Waals surface area contributed by atoms with Gasteiger partial charge in [0, 0.05) is 10.8 Å². The smallest absolute Gasteiger partial charge is 0.214 e. The third-order valence-corrected chi connectivity index (χ3v) is 5.40. The quantitative estimate of drug-likeness (QED) is 0.462. The molecule has 0 aliphatic heterocycles. The Labute approximate surface area is 171 Å². The first kappa shape index (κ1) is 18.7. The van der Waals surface area contributed by atoms with E-state index in [0.29, 0.717) is 15.9 Å². The molecule has 0 fully saturated rings. The number of hydrogen-bond acceptors (Lipinski definition) is 6. The normalized spacial score (nSPS) is 12.2. The van der Waals surface area contributed by atoms with Crippen LogP contribution in [0.1, 0.15) is 0 Å². The first-order chi connectivity index (χ1) is 13.7. The number of nitrogens with zero attached hydrogens (tertiary/aromatic N) is 4. The van der Waals surface area contributed by atoms with E-state index in [1.165, 1.54) is 11.8 Å². The summed E-state index contributed by atoms with van der Waals surface area (Å²) in [5, 5.41) is 25.5. The number of ether oxygens (including phenoxy) is 1. The molecule has 0 saturated heterocycles. The van der Waals surface area contributed by atoms with Crippen molar-refractivity contribution in [2.24, 2.45) is 0 Å². The molecule has 1 aromatic heterocycles. The molecule has 1 atom stereocenters. The van der Waals surface area contributed by atoms with Gasteiger partial charge in [-0.25, -0.2) is 0 Å². The van der Waals surface area contributed by atoms with Gasteiger partial charge in [0.15, 0.2) is 0 Å². The van der Waals surface area contributed by atoms with Crippen LogP contribution in [0.5, 0.6) is 5.75 Å². The summed E-state index contributed by atoms with van der Waals surface area (Å²) in [6.45, 7) is 0.188. The lowest BCUT2D eigenvalue weighted by Gasteiger charge is -2.12. The maximum Gasteiger partial charge on any atom is 0.214 e. The second kappa shape index (κ2) is 8.60. The fourth-order valence-corrected chi connectivity index (χ4v) is 3.60. The van der Waals surface area contributed by atoms with Gasteiger partial charge < -0.3 is 9.84 Å². The minimum absolute atomic E-state index is 0.188. The number of aliphatic hydroxyl groups is 1. The van der Waals surface area contributed by atoms with Gasteiger partial charge in [-0.1, -0.05) is 53.7 Å². The number of aliphatic hydroxyl groups excluding tert-OH is 1. The lowest BCUT2D eigenvalue weighted by Crippen LogP contribution is -2.20. The third kappa shape index (κ3) is 4.44. The largest absolute Gasteiger partial charge is 0.491 e. The number of tetrazole rings is 1. The molecule has 0 radical (unpaired) electrons. The summed E-state index contributed by atoms with van der Waals surface area (Å²) in [7, 11) is 0. The van der Waals surface area contributed by atoms with Crippen LogP contribution in [0.4, 0.5) is 0 Å². The van der Waals surface area contributed by atoms with E-state index in [4.69, 9.17) is 16.3 Å². The van der Waals surface area contributed by atoms with E-state index >= 15 is 0 Å². The molecule has 0 aliphatic carbocycles. The average Bonchev–Trinajstić information content (AvgIpc) is 3.20. The van der Waals surface area contributed by atoms with Gasteiger partial charge in [0.2, 0.25) is 5.16 Å². The molecule has 0 bridgehead atoms. The maximum absolute atomic E-state index is 10.3. The molecule has 142 valence electrons. The van der Waals surface area contributed by atoms with Gasteiger partial charge in [0.25, 0.3) is 0 Å². The first-order valence-corrected chi connectivity index (χ1v) is 10.0. The number of hydrogen-bond donors (Lipinski definition) is 1. The standard InChI is InChI=1S/C20H17ClN4O2S/c21-16-6-8-17(9-7-16)25-20(22-23-24-25)28-13-18(26)12-27-19-10-5-14-3-1-2-4-15(14)11-19/h1-11,18,26H,12-13H2. The molecule has 0 spiro atoms. The highest BCUT2D eigenvalue weighted by Crippen LogP contribution is 2.22. The number of halogens is 1. The summed E-state index contributed by atoms with van der Waals surface area (Å²) in [5.41, 5.74) is 0.804. The van der Waals surface area contributed by atoms with Crippen molar-refractivity contribution in [2.75, 3.05) is 12.4 Å². The fraction of sp³-hybridized carbons (Fsp3) is 0.150. The van der Waals surface area contributed by atoms with Gasteiger partial charge in [-0.05, 0) is 57.6 Å². The van der Waals surface area contributed by atoms with Crippen molar-refractivity contribution in [1.82, 2.24) is 20.2 Å². The van der Waals surface area contributed by atoms with E-state index < -0.39 is 6.10 Å². The van der Waals surface area contributed by atoms with Crippen molar-refractivity contribution >= 4 is 34.1 Å². The van der Waals surface area contributed by atoms with Crippen LogP contribution in [0, 0.1) is 0 Å². The zero-order chi connectivity index (χ0) is 19.3. The number of fused-ring (bicyclic) bond motifs is 1. The van der Waals surface area contributed by atoms with E-state index in [9.17, 15) is 5.11 Å². The molecular formula is C20H17ClN4O2S. The SMILES string of the molecule is OC(COc1ccc2ccccc2c1)CSc1nnnn1-c1ccc(Cl)cc1. The lowest BCUT2D eigenvalue weighted by molar-refractivity contribution is 0.126. The summed E-state index contributed by atoms with van der Waals surface area (Å²) < 4.78 is 7.35. The van der Waals surface area contributed by atoms with E-state index in [1.807, 2.05) is 48.5 Å². The zero-order valence-electron chi connectivity index (χ0n) is 14.8. The van der Waals surface area contributed by atoms with Gasteiger partial charge in [0.05, 0.1) is 11.8 Å². The van der Waals surface area contributed by atoms with Gasteiger partial charge in [-0.15, -0.1) is 5.10 Å². The third-order valence-electron chi connectivity index (χ3n) is 4.08. The molecule has 1 unspecified atom stereocenters. The first-order valence-electron chi connectivity index (χ1n) is 8.66. The average molecular weight is 413 g/mol. The second-order valence-corrected chi connectivity index (χ2v) is 7.56. The van der Waals surface area contributed by atoms with Crippen LogP contribution in [0.2, 0.25) is 5.02 Å². The van der Waals surface area contributed by atoms with Crippen molar-refractivity contribution in [3.05, 3.63) is 71.8 Å². The van der Waals surface area contributed by atoms with Crippen LogP contribution >= 0.6 is 23.4 Å². The molecule has 4 rings (SSSR count). The number of benzene rings is 3. The molecule has 3 aromatic carbocycles. The molecule has 6 nitrogen and oxygen atoms in total. The van der Waals surface area contributed by atoms with E-state index in [2.05, 4.69) is 21.6 Å². The number of aromatic nitrogens is 4. The fourth-order valence-electron chi connectivity index (χ4n) is 2.68. The van der Waals surface area contributed by atoms with Gasteiger partial charge in [0.1, 0.15) is 12.4 Å². The second-order valence-electron chi connectivity index (χ2n) is 6.13. The van der Waals surface area contributed by atoms with E-state index in [-0.39, 0.29) is 6.61 Å². The summed E-state index contributed by atoms with van der Waals surface area (Å²) >= 11 is 7.28. The Hall–Kier alpha value is -2.61. The maximum atomic E-state index is 10.3.